The number of hydrogen-bond donors (Lipinski definition) is 0. The molecule has 1 aliphatic heterocycles. The Hall–Kier alpha value is -2.28. The van der Waals surface area contributed by atoms with E-state index in [-0.39, 0.29) is 19.3 Å². The lowest BCUT2D eigenvalue weighted by atomic mass is 10.2. The number of azide groups is 1. The summed E-state index contributed by atoms with van der Waals surface area (Å²) in [6, 6.07) is 9.03. The van der Waals surface area contributed by atoms with Crippen LogP contribution in [0.15, 0.2) is 35.4 Å². The molecule has 1 saturated heterocycles. The van der Waals surface area contributed by atoms with Crippen molar-refractivity contribution in [1.29, 1.82) is 0 Å². The van der Waals surface area contributed by atoms with Crippen LogP contribution in [-0.2, 0) is 20.8 Å². The first kappa shape index (κ1) is 17.1. The van der Waals surface area contributed by atoms with Gasteiger partial charge in [-0.2, -0.15) is 0 Å². The van der Waals surface area contributed by atoms with E-state index in [0.29, 0.717) is 19.8 Å². The molecule has 0 spiro atoms. The molecular formula is C15H20N4O4. The fraction of sp³-hybridized carbons (Fsp3) is 0.533. The largest absolute Gasteiger partial charge is 0.445 e. The van der Waals surface area contributed by atoms with Crippen LogP contribution in [0, 0.1) is 0 Å². The lowest BCUT2D eigenvalue weighted by Gasteiger charge is -2.16. The number of hydrogen-bond acceptors (Lipinski definition) is 5. The molecular weight excluding hydrogens is 300 g/mol. The number of methoxy groups -OCH3 is 1. The molecule has 1 heterocycles. The first-order valence-electron chi connectivity index (χ1n) is 7.35. The number of carbonyl (C=O) groups excluding carboxylic acids is 1. The smallest absolute Gasteiger partial charge is 0.410 e. The highest BCUT2D eigenvalue weighted by molar-refractivity contribution is 5.68. The highest BCUT2D eigenvalue weighted by atomic mass is 16.6. The fourth-order valence-electron chi connectivity index (χ4n) is 2.34. The van der Waals surface area contributed by atoms with Crippen molar-refractivity contribution in [2.45, 2.75) is 18.8 Å². The third-order valence-electron chi connectivity index (χ3n) is 3.52. The molecule has 2 rings (SSSR count). The van der Waals surface area contributed by atoms with Crippen molar-refractivity contribution in [3.63, 3.8) is 0 Å². The first-order chi connectivity index (χ1) is 11.2. The van der Waals surface area contributed by atoms with Crippen molar-refractivity contribution in [2.75, 3.05) is 33.4 Å². The van der Waals surface area contributed by atoms with Crippen LogP contribution >= 0.6 is 0 Å². The maximum Gasteiger partial charge on any atom is 0.410 e. The van der Waals surface area contributed by atoms with Gasteiger partial charge >= 0.3 is 6.09 Å². The lowest BCUT2D eigenvalue weighted by molar-refractivity contribution is 0.0156. The Labute approximate surface area is 134 Å². The molecule has 124 valence electrons. The summed E-state index contributed by atoms with van der Waals surface area (Å²) in [5, 5.41) is 3.70. The van der Waals surface area contributed by atoms with E-state index in [1.807, 2.05) is 30.3 Å². The van der Waals surface area contributed by atoms with Gasteiger partial charge in [-0.3, -0.25) is 0 Å². The van der Waals surface area contributed by atoms with E-state index in [1.54, 1.807) is 7.11 Å². The molecule has 1 fully saturated rings. The number of rotatable bonds is 7. The average molecular weight is 320 g/mol. The summed E-state index contributed by atoms with van der Waals surface area (Å²) in [4.78, 5) is 16.5. The lowest BCUT2D eigenvalue weighted by Crippen LogP contribution is -2.30. The van der Waals surface area contributed by atoms with Gasteiger partial charge in [0.1, 0.15) is 6.61 Å². The molecule has 1 aromatic rings. The SMILES string of the molecule is COCCO[C@@H]1CN(C(=O)OCc2ccccc2)C[C@H]1N=[N+]=[N-]. The second-order valence-corrected chi connectivity index (χ2v) is 5.12. The van der Waals surface area contributed by atoms with Crippen molar-refractivity contribution in [3.05, 3.63) is 46.3 Å². The van der Waals surface area contributed by atoms with Crippen LogP contribution in [0.1, 0.15) is 5.56 Å². The molecule has 0 radical (unpaired) electrons. The Kier molecular flexibility index (Phi) is 6.68. The van der Waals surface area contributed by atoms with Gasteiger partial charge in [0.2, 0.25) is 0 Å². The number of nitrogens with zero attached hydrogens (tertiary/aromatic N) is 4. The predicted molar refractivity (Wildman–Crippen MR) is 82.8 cm³/mol. The molecule has 0 bridgehead atoms. The Morgan fingerprint density at radius 2 is 2.13 bits per heavy atom. The molecule has 0 aromatic heterocycles. The molecule has 23 heavy (non-hydrogen) atoms. The molecule has 0 aliphatic carbocycles. The van der Waals surface area contributed by atoms with E-state index < -0.39 is 12.1 Å². The van der Waals surface area contributed by atoms with E-state index >= 15 is 0 Å². The molecule has 8 heteroatoms. The molecule has 2 atom stereocenters. The van der Waals surface area contributed by atoms with Crippen LogP contribution in [0.4, 0.5) is 4.79 Å². The van der Waals surface area contributed by atoms with Crippen molar-refractivity contribution < 1.29 is 19.0 Å². The normalized spacial score (nSPS) is 20.1. The zero-order valence-electron chi connectivity index (χ0n) is 13.0. The minimum absolute atomic E-state index is 0.206. The quantitative estimate of drug-likeness (QED) is 0.333. The van der Waals surface area contributed by atoms with Crippen LogP contribution in [0.3, 0.4) is 0 Å². The van der Waals surface area contributed by atoms with E-state index in [9.17, 15) is 4.79 Å². The van der Waals surface area contributed by atoms with Gasteiger partial charge in [0.05, 0.1) is 31.9 Å². The van der Waals surface area contributed by atoms with Crippen LogP contribution < -0.4 is 0 Å². The van der Waals surface area contributed by atoms with E-state index in [2.05, 4.69) is 10.0 Å². The van der Waals surface area contributed by atoms with Gasteiger partial charge in [0.25, 0.3) is 0 Å². The topological polar surface area (TPSA) is 96.8 Å². The number of ether oxygens (including phenoxy) is 3. The minimum Gasteiger partial charge on any atom is -0.445 e. The average Bonchev–Trinajstić information content (AvgIpc) is 2.97. The summed E-state index contributed by atoms with van der Waals surface area (Å²) < 4.78 is 15.8. The zero-order chi connectivity index (χ0) is 16.5. The molecule has 0 unspecified atom stereocenters. The fourth-order valence-corrected chi connectivity index (χ4v) is 2.34. The summed E-state index contributed by atoms with van der Waals surface area (Å²) in [5.74, 6) is 0. The Morgan fingerprint density at radius 3 is 2.83 bits per heavy atom. The number of amides is 1. The summed E-state index contributed by atoms with van der Waals surface area (Å²) in [6.07, 6.45) is -0.782. The summed E-state index contributed by atoms with van der Waals surface area (Å²) in [5.41, 5.74) is 9.55. The van der Waals surface area contributed by atoms with Crippen LogP contribution in [0.25, 0.3) is 10.4 Å². The maximum absolute atomic E-state index is 12.1. The number of carbonyl (C=O) groups is 1. The first-order valence-corrected chi connectivity index (χ1v) is 7.35. The second-order valence-electron chi connectivity index (χ2n) is 5.12. The third kappa shape index (κ3) is 5.14. The molecule has 1 amide bonds. The number of benzene rings is 1. The molecule has 0 N–H and O–H groups in total. The van der Waals surface area contributed by atoms with Gasteiger partial charge in [-0.15, -0.1) is 0 Å². The highest BCUT2D eigenvalue weighted by Crippen LogP contribution is 2.18. The van der Waals surface area contributed by atoms with Crippen molar-refractivity contribution >= 4 is 6.09 Å². The van der Waals surface area contributed by atoms with Gasteiger partial charge < -0.3 is 19.1 Å². The molecule has 0 saturated carbocycles. The van der Waals surface area contributed by atoms with Crippen LogP contribution in [0.5, 0.6) is 0 Å². The van der Waals surface area contributed by atoms with Gasteiger partial charge in [-0.25, -0.2) is 4.79 Å². The Morgan fingerprint density at radius 1 is 1.35 bits per heavy atom. The Bertz CT molecular complexity index is 548. The van der Waals surface area contributed by atoms with E-state index in [4.69, 9.17) is 19.7 Å². The Balaban J connectivity index is 1.86. The maximum atomic E-state index is 12.1. The second kappa shape index (κ2) is 8.99. The van der Waals surface area contributed by atoms with Gasteiger partial charge in [0, 0.05) is 18.6 Å². The predicted octanol–water partition coefficient (Wildman–Crippen LogP) is 2.35. The standard InChI is InChI=1S/C15H20N4O4/c1-21-7-8-22-14-10-19(9-13(14)17-18-16)15(20)23-11-12-5-3-2-4-6-12/h2-6,13-14H,7-11H2,1H3/t13-,14-/m1/s1. The van der Waals surface area contributed by atoms with Crippen molar-refractivity contribution in [1.82, 2.24) is 4.90 Å². The highest BCUT2D eigenvalue weighted by Gasteiger charge is 2.36. The van der Waals surface area contributed by atoms with Crippen molar-refractivity contribution in [2.24, 2.45) is 5.11 Å². The monoisotopic (exact) mass is 320 g/mol. The molecule has 8 nitrogen and oxygen atoms in total. The minimum atomic E-state index is -0.440. The summed E-state index contributed by atoms with van der Waals surface area (Å²) in [7, 11) is 1.58. The van der Waals surface area contributed by atoms with Crippen molar-refractivity contribution in [3.8, 4) is 0 Å². The summed E-state index contributed by atoms with van der Waals surface area (Å²) in [6.45, 7) is 1.65. The number of likely N-dealkylation sites (tertiary alicyclic amines) is 1. The van der Waals surface area contributed by atoms with Gasteiger partial charge in [0.15, 0.2) is 0 Å². The van der Waals surface area contributed by atoms with E-state index in [0.717, 1.165) is 5.56 Å². The molecule has 1 aromatic carbocycles. The van der Waals surface area contributed by atoms with E-state index in [1.165, 1.54) is 4.90 Å². The van der Waals surface area contributed by atoms with Gasteiger partial charge in [-0.05, 0) is 11.1 Å². The zero-order valence-corrected chi connectivity index (χ0v) is 13.0. The summed E-state index contributed by atoms with van der Waals surface area (Å²) >= 11 is 0. The van der Waals surface area contributed by atoms with Crippen LogP contribution in [-0.4, -0.2) is 56.6 Å². The van der Waals surface area contributed by atoms with Gasteiger partial charge in [-0.1, -0.05) is 35.4 Å². The van der Waals surface area contributed by atoms with Crippen LogP contribution in [0.2, 0.25) is 0 Å². The third-order valence-corrected chi connectivity index (χ3v) is 3.52. The molecule has 1 aliphatic rings.